The fourth-order valence-corrected chi connectivity index (χ4v) is 2.30. The third-order valence-corrected chi connectivity index (χ3v) is 4.67. The van der Waals surface area contributed by atoms with Gasteiger partial charge in [-0.05, 0) is 31.0 Å². The van der Waals surface area contributed by atoms with E-state index in [0.29, 0.717) is 18.8 Å². The van der Waals surface area contributed by atoms with Gasteiger partial charge in [-0.3, -0.25) is 4.79 Å². The first-order valence-electron chi connectivity index (χ1n) is 6.60. The Hall–Kier alpha value is -1.40. The highest BCUT2D eigenvalue weighted by molar-refractivity contribution is 7.92. The van der Waals surface area contributed by atoms with E-state index in [2.05, 4.69) is 0 Å². The molecule has 0 aliphatic rings. The number of nitrogens with zero attached hydrogens (tertiary/aromatic N) is 1. The largest absolute Gasteiger partial charge is 0.326 e. The summed E-state index contributed by atoms with van der Waals surface area (Å²) in [4.78, 5) is 13.9. The molecule has 1 aromatic rings. The number of carbonyl (C=O) groups is 1. The maximum absolute atomic E-state index is 12.4. The second-order valence-electron chi connectivity index (χ2n) is 4.83. The third-order valence-electron chi connectivity index (χ3n) is 3.19. The lowest BCUT2D eigenvalue weighted by Gasteiger charge is -2.25. The standard InChI is InChI=1S/C14H22N2O3S/c1-4-9-16(14(17)11(2)20(3,18)19)13-7-5-12(10-15)6-8-13/h5-8,11H,4,9-10,15H2,1-3H3. The van der Waals surface area contributed by atoms with Gasteiger partial charge in [-0.2, -0.15) is 0 Å². The Morgan fingerprint density at radius 3 is 2.25 bits per heavy atom. The average molecular weight is 298 g/mol. The zero-order valence-corrected chi connectivity index (χ0v) is 13.0. The van der Waals surface area contributed by atoms with E-state index in [1.807, 2.05) is 19.1 Å². The number of benzene rings is 1. The number of nitrogens with two attached hydrogens (primary N) is 1. The van der Waals surface area contributed by atoms with Crippen LogP contribution in [0.25, 0.3) is 0 Å². The highest BCUT2D eigenvalue weighted by atomic mass is 32.2. The summed E-state index contributed by atoms with van der Waals surface area (Å²) in [5.41, 5.74) is 7.21. The average Bonchev–Trinajstić information content (AvgIpc) is 2.42. The molecule has 0 fully saturated rings. The van der Waals surface area contributed by atoms with Crippen molar-refractivity contribution < 1.29 is 13.2 Å². The minimum Gasteiger partial charge on any atom is -0.326 e. The highest BCUT2D eigenvalue weighted by Gasteiger charge is 2.28. The van der Waals surface area contributed by atoms with Crippen LogP contribution in [0.5, 0.6) is 0 Å². The second-order valence-corrected chi connectivity index (χ2v) is 7.20. The molecule has 2 N–H and O–H groups in total. The van der Waals surface area contributed by atoms with Crippen LogP contribution in [-0.2, 0) is 21.2 Å². The van der Waals surface area contributed by atoms with Crippen molar-refractivity contribution >= 4 is 21.4 Å². The fraction of sp³-hybridized carbons (Fsp3) is 0.500. The van der Waals surface area contributed by atoms with Crippen molar-refractivity contribution in [2.75, 3.05) is 17.7 Å². The van der Waals surface area contributed by atoms with Crippen LogP contribution in [-0.4, -0.2) is 32.4 Å². The lowest BCUT2D eigenvalue weighted by atomic mass is 10.2. The molecule has 0 saturated carbocycles. The number of anilines is 1. The first kappa shape index (κ1) is 16.7. The topological polar surface area (TPSA) is 80.5 Å². The summed E-state index contributed by atoms with van der Waals surface area (Å²) in [7, 11) is -3.40. The van der Waals surface area contributed by atoms with Crippen molar-refractivity contribution in [3.63, 3.8) is 0 Å². The van der Waals surface area contributed by atoms with Gasteiger partial charge in [-0.1, -0.05) is 19.1 Å². The maximum atomic E-state index is 12.4. The van der Waals surface area contributed by atoms with Crippen LogP contribution in [0.1, 0.15) is 25.8 Å². The van der Waals surface area contributed by atoms with Gasteiger partial charge in [-0.25, -0.2) is 8.42 Å². The molecule has 1 atom stereocenters. The van der Waals surface area contributed by atoms with Gasteiger partial charge in [0.25, 0.3) is 0 Å². The zero-order valence-electron chi connectivity index (χ0n) is 12.2. The SMILES string of the molecule is CCCN(C(=O)C(C)S(C)(=O)=O)c1ccc(CN)cc1. The first-order valence-corrected chi connectivity index (χ1v) is 8.56. The van der Waals surface area contributed by atoms with Gasteiger partial charge in [0.05, 0.1) is 0 Å². The molecule has 5 nitrogen and oxygen atoms in total. The summed E-state index contributed by atoms with van der Waals surface area (Å²) in [6.07, 6.45) is 1.83. The van der Waals surface area contributed by atoms with Crippen molar-refractivity contribution in [2.24, 2.45) is 5.73 Å². The van der Waals surface area contributed by atoms with E-state index in [0.717, 1.165) is 18.2 Å². The lowest BCUT2D eigenvalue weighted by Crippen LogP contribution is -2.41. The van der Waals surface area contributed by atoms with Crippen LogP contribution in [0.4, 0.5) is 5.69 Å². The number of rotatable bonds is 6. The normalized spacial score (nSPS) is 13.0. The summed E-state index contributed by atoms with van der Waals surface area (Å²) in [5.74, 6) is -0.394. The summed E-state index contributed by atoms with van der Waals surface area (Å²) < 4.78 is 23.1. The Labute approximate surface area is 120 Å². The predicted molar refractivity (Wildman–Crippen MR) is 81.3 cm³/mol. The molecule has 0 spiro atoms. The van der Waals surface area contributed by atoms with E-state index < -0.39 is 21.0 Å². The minimum atomic E-state index is -3.40. The van der Waals surface area contributed by atoms with Crippen LogP contribution in [0.3, 0.4) is 0 Å². The van der Waals surface area contributed by atoms with Gasteiger partial charge >= 0.3 is 0 Å². The fourth-order valence-electron chi connectivity index (χ4n) is 1.80. The van der Waals surface area contributed by atoms with Crippen molar-refractivity contribution in [3.8, 4) is 0 Å². The molecule has 0 radical (unpaired) electrons. The van der Waals surface area contributed by atoms with E-state index in [-0.39, 0.29) is 0 Å². The molecular formula is C14H22N2O3S. The molecule has 1 aromatic carbocycles. The van der Waals surface area contributed by atoms with Crippen LogP contribution < -0.4 is 10.6 Å². The lowest BCUT2D eigenvalue weighted by molar-refractivity contribution is -0.118. The molecule has 1 amide bonds. The third kappa shape index (κ3) is 4.05. The quantitative estimate of drug-likeness (QED) is 0.859. The van der Waals surface area contributed by atoms with Gasteiger partial charge < -0.3 is 10.6 Å². The molecule has 20 heavy (non-hydrogen) atoms. The van der Waals surface area contributed by atoms with Gasteiger partial charge in [0, 0.05) is 25.0 Å². The van der Waals surface area contributed by atoms with Crippen LogP contribution in [0.15, 0.2) is 24.3 Å². The van der Waals surface area contributed by atoms with Gasteiger partial charge in [0.15, 0.2) is 9.84 Å². The van der Waals surface area contributed by atoms with E-state index >= 15 is 0 Å². The summed E-state index contributed by atoms with van der Waals surface area (Å²) in [6, 6.07) is 7.28. The molecule has 0 saturated heterocycles. The van der Waals surface area contributed by atoms with Crippen LogP contribution >= 0.6 is 0 Å². The van der Waals surface area contributed by atoms with Crippen LogP contribution in [0, 0.1) is 0 Å². The molecule has 0 heterocycles. The molecule has 6 heteroatoms. The zero-order chi connectivity index (χ0) is 15.3. The number of hydrogen-bond donors (Lipinski definition) is 1. The first-order chi connectivity index (χ1) is 9.31. The molecular weight excluding hydrogens is 276 g/mol. The van der Waals surface area contributed by atoms with E-state index in [4.69, 9.17) is 5.73 Å². The monoisotopic (exact) mass is 298 g/mol. The molecule has 0 aromatic heterocycles. The molecule has 0 aliphatic heterocycles. The van der Waals surface area contributed by atoms with E-state index in [1.165, 1.54) is 11.8 Å². The Morgan fingerprint density at radius 1 is 1.30 bits per heavy atom. The predicted octanol–water partition coefficient (Wildman–Crippen LogP) is 1.32. The van der Waals surface area contributed by atoms with Gasteiger partial charge in [0.2, 0.25) is 5.91 Å². The Morgan fingerprint density at radius 2 is 1.85 bits per heavy atom. The van der Waals surface area contributed by atoms with E-state index in [9.17, 15) is 13.2 Å². The molecule has 0 bridgehead atoms. The molecule has 112 valence electrons. The van der Waals surface area contributed by atoms with Crippen LogP contribution in [0.2, 0.25) is 0 Å². The highest BCUT2D eigenvalue weighted by Crippen LogP contribution is 2.18. The van der Waals surface area contributed by atoms with Crippen molar-refractivity contribution in [2.45, 2.75) is 32.1 Å². The van der Waals surface area contributed by atoms with Crippen molar-refractivity contribution in [3.05, 3.63) is 29.8 Å². The number of sulfone groups is 1. The number of hydrogen-bond acceptors (Lipinski definition) is 4. The van der Waals surface area contributed by atoms with Crippen molar-refractivity contribution in [1.82, 2.24) is 0 Å². The number of amides is 1. The summed E-state index contributed by atoms with van der Waals surface area (Å²) >= 11 is 0. The molecule has 1 rings (SSSR count). The Bertz CT molecular complexity index is 552. The van der Waals surface area contributed by atoms with Crippen molar-refractivity contribution in [1.29, 1.82) is 0 Å². The van der Waals surface area contributed by atoms with E-state index in [1.54, 1.807) is 12.1 Å². The van der Waals surface area contributed by atoms with Gasteiger partial charge in [0.1, 0.15) is 5.25 Å². The Kier molecular flexibility index (Phi) is 5.71. The smallest absolute Gasteiger partial charge is 0.245 e. The molecule has 0 aliphatic carbocycles. The summed E-state index contributed by atoms with van der Waals surface area (Å²) in [5, 5.41) is -1.04. The maximum Gasteiger partial charge on any atom is 0.245 e. The number of carbonyl (C=O) groups excluding carboxylic acids is 1. The minimum absolute atomic E-state index is 0.394. The second kappa shape index (κ2) is 6.85. The summed E-state index contributed by atoms with van der Waals surface area (Å²) in [6.45, 7) is 4.29. The van der Waals surface area contributed by atoms with Gasteiger partial charge in [-0.15, -0.1) is 0 Å². The molecule has 1 unspecified atom stereocenters. The Balaban J connectivity index is 3.07.